The number of nitrogens with zero attached hydrogens (tertiary/aromatic N) is 4. The highest BCUT2D eigenvalue weighted by molar-refractivity contribution is 5.92. The van der Waals surface area contributed by atoms with E-state index in [0.29, 0.717) is 19.3 Å². The first kappa shape index (κ1) is 20.8. The Labute approximate surface area is 180 Å². The van der Waals surface area contributed by atoms with Gasteiger partial charge in [0.15, 0.2) is 12.3 Å². The van der Waals surface area contributed by atoms with E-state index < -0.39 is 17.4 Å². The fourth-order valence-electron chi connectivity index (χ4n) is 4.33. The van der Waals surface area contributed by atoms with Crippen molar-refractivity contribution < 1.29 is 14.3 Å². The van der Waals surface area contributed by atoms with Crippen LogP contribution in [0.5, 0.6) is 0 Å². The maximum atomic E-state index is 12.2. The van der Waals surface area contributed by atoms with Gasteiger partial charge in [0.25, 0.3) is 5.91 Å². The molecule has 3 aromatic rings. The molecule has 1 amide bonds. The first-order chi connectivity index (χ1) is 14.9. The molecular weight excluding hydrogens is 394 g/mol. The maximum absolute atomic E-state index is 12.2. The summed E-state index contributed by atoms with van der Waals surface area (Å²) in [5, 5.41) is 17.7. The van der Waals surface area contributed by atoms with Crippen molar-refractivity contribution >= 4 is 28.4 Å². The van der Waals surface area contributed by atoms with Crippen LogP contribution in [0.1, 0.15) is 49.1 Å². The lowest BCUT2D eigenvalue weighted by Gasteiger charge is -2.21. The Morgan fingerprint density at radius 1 is 1.26 bits per heavy atom. The molecule has 4 rings (SSSR count). The Morgan fingerprint density at radius 3 is 2.74 bits per heavy atom. The minimum Gasteiger partial charge on any atom is -0.456 e. The summed E-state index contributed by atoms with van der Waals surface area (Å²) in [6.45, 7) is 3.51. The van der Waals surface area contributed by atoms with Crippen LogP contribution in [0.3, 0.4) is 0 Å². The molecule has 1 aromatic carbocycles. The molecule has 2 heterocycles. The predicted molar refractivity (Wildman–Crippen MR) is 114 cm³/mol. The van der Waals surface area contributed by atoms with Gasteiger partial charge in [-0.05, 0) is 63.6 Å². The van der Waals surface area contributed by atoms with E-state index in [1.807, 2.05) is 42.6 Å². The van der Waals surface area contributed by atoms with E-state index >= 15 is 0 Å². The van der Waals surface area contributed by atoms with Gasteiger partial charge in [0, 0.05) is 23.2 Å². The molecule has 0 atom stereocenters. The number of hydrogen-bond donors (Lipinski definition) is 1. The molecule has 1 saturated carbocycles. The Kier molecular flexibility index (Phi) is 5.59. The standard InChI is InChI=1S/C23H25N5O3/c1-15-17(16(2)28-22(25-15)18-7-3-4-8-19(18)27-28)9-10-21(30)31-13-20(29)26-23(14-24)11-5-6-12-23/h3-4,7-8H,5-6,9-13H2,1-2H3,(H,26,29). The third kappa shape index (κ3) is 4.08. The summed E-state index contributed by atoms with van der Waals surface area (Å²) in [6, 6.07) is 10.0. The monoisotopic (exact) mass is 419 g/mol. The molecule has 0 unspecified atom stereocenters. The smallest absolute Gasteiger partial charge is 0.306 e. The zero-order chi connectivity index (χ0) is 22.0. The minimum absolute atomic E-state index is 0.131. The minimum atomic E-state index is -0.813. The zero-order valence-electron chi connectivity index (χ0n) is 17.8. The number of hydrogen-bond acceptors (Lipinski definition) is 6. The Hall–Kier alpha value is -3.47. The second-order valence-electron chi connectivity index (χ2n) is 8.12. The summed E-state index contributed by atoms with van der Waals surface area (Å²) in [7, 11) is 0. The van der Waals surface area contributed by atoms with Gasteiger partial charge in [-0.2, -0.15) is 10.4 Å². The quantitative estimate of drug-likeness (QED) is 0.615. The van der Waals surface area contributed by atoms with Crippen LogP contribution in [-0.2, 0) is 20.7 Å². The maximum Gasteiger partial charge on any atom is 0.306 e. The van der Waals surface area contributed by atoms with Gasteiger partial charge in [-0.3, -0.25) is 9.59 Å². The summed E-state index contributed by atoms with van der Waals surface area (Å²) in [6.07, 6.45) is 3.68. The predicted octanol–water partition coefficient (Wildman–Crippen LogP) is 2.93. The topological polar surface area (TPSA) is 109 Å². The van der Waals surface area contributed by atoms with Gasteiger partial charge >= 0.3 is 5.97 Å². The second kappa shape index (κ2) is 8.34. The van der Waals surface area contributed by atoms with Gasteiger partial charge in [-0.25, -0.2) is 9.50 Å². The first-order valence-corrected chi connectivity index (χ1v) is 10.5. The summed E-state index contributed by atoms with van der Waals surface area (Å²) in [5.74, 6) is -0.896. The normalized spacial score (nSPS) is 15.1. The van der Waals surface area contributed by atoms with E-state index in [1.54, 1.807) is 0 Å². The van der Waals surface area contributed by atoms with Crippen LogP contribution in [0.2, 0.25) is 0 Å². The lowest BCUT2D eigenvalue weighted by atomic mass is 10.00. The van der Waals surface area contributed by atoms with E-state index in [1.165, 1.54) is 0 Å². The van der Waals surface area contributed by atoms with Crippen molar-refractivity contribution in [2.45, 2.75) is 57.9 Å². The van der Waals surface area contributed by atoms with Crippen LogP contribution in [0.15, 0.2) is 24.3 Å². The molecule has 31 heavy (non-hydrogen) atoms. The first-order valence-electron chi connectivity index (χ1n) is 10.5. The van der Waals surface area contributed by atoms with Gasteiger partial charge < -0.3 is 10.1 Å². The average Bonchev–Trinajstić information content (AvgIpc) is 3.37. The molecule has 0 aliphatic heterocycles. The summed E-state index contributed by atoms with van der Waals surface area (Å²) >= 11 is 0. The summed E-state index contributed by atoms with van der Waals surface area (Å²) < 4.78 is 6.95. The highest BCUT2D eigenvalue weighted by atomic mass is 16.5. The average molecular weight is 419 g/mol. The Morgan fingerprint density at radius 2 is 2.00 bits per heavy atom. The van der Waals surface area contributed by atoms with Gasteiger partial charge in [0.1, 0.15) is 5.54 Å². The molecule has 0 saturated heterocycles. The second-order valence-corrected chi connectivity index (χ2v) is 8.12. The fraction of sp³-hybridized carbons (Fsp3) is 0.435. The molecule has 0 spiro atoms. The number of carbonyl (C=O) groups excluding carboxylic acids is 2. The van der Waals surface area contributed by atoms with Gasteiger partial charge in [-0.15, -0.1) is 0 Å². The van der Waals surface area contributed by atoms with Crippen molar-refractivity contribution in [1.29, 1.82) is 5.26 Å². The fourth-order valence-corrected chi connectivity index (χ4v) is 4.33. The van der Waals surface area contributed by atoms with Crippen LogP contribution in [0.25, 0.3) is 16.6 Å². The van der Waals surface area contributed by atoms with Crippen molar-refractivity contribution in [2.24, 2.45) is 0 Å². The molecule has 1 aliphatic rings. The number of amides is 1. The van der Waals surface area contributed by atoms with Crippen molar-refractivity contribution in [3.05, 3.63) is 41.2 Å². The van der Waals surface area contributed by atoms with Crippen molar-refractivity contribution in [3.63, 3.8) is 0 Å². The number of nitrogens with one attached hydrogen (secondary N) is 1. The molecule has 1 N–H and O–H groups in total. The van der Waals surface area contributed by atoms with Crippen molar-refractivity contribution in [1.82, 2.24) is 19.9 Å². The molecule has 0 radical (unpaired) electrons. The molecule has 1 fully saturated rings. The van der Waals surface area contributed by atoms with E-state index in [-0.39, 0.29) is 13.0 Å². The highest BCUT2D eigenvalue weighted by Gasteiger charge is 2.35. The third-order valence-electron chi connectivity index (χ3n) is 6.01. The lowest BCUT2D eigenvalue weighted by Crippen LogP contribution is -2.46. The molecule has 0 bridgehead atoms. The number of rotatable bonds is 6. The number of esters is 1. The SMILES string of the molecule is Cc1nc2c3ccccc3nn2c(C)c1CCC(=O)OCC(=O)NC1(C#N)CCCC1. The molecule has 8 nitrogen and oxygen atoms in total. The number of carbonyl (C=O) groups is 2. The van der Waals surface area contributed by atoms with E-state index in [4.69, 9.17) is 9.72 Å². The number of ether oxygens (including phenoxy) is 1. The molecule has 1 aliphatic carbocycles. The summed E-state index contributed by atoms with van der Waals surface area (Å²) in [5.41, 5.74) is 3.58. The number of aromatic nitrogens is 3. The van der Waals surface area contributed by atoms with E-state index in [2.05, 4.69) is 16.5 Å². The van der Waals surface area contributed by atoms with Gasteiger partial charge in [-0.1, -0.05) is 12.1 Å². The largest absolute Gasteiger partial charge is 0.456 e. The van der Waals surface area contributed by atoms with Gasteiger partial charge in [0.05, 0.1) is 11.6 Å². The van der Waals surface area contributed by atoms with Crippen molar-refractivity contribution in [2.75, 3.05) is 6.61 Å². The van der Waals surface area contributed by atoms with Crippen LogP contribution in [0.4, 0.5) is 0 Å². The van der Waals surface area contributed by atoms with Crippen LogP contribution < -0.4 is 5.32 Å². The number of aryl methyl sites for hydroxylation is 2. The summed E-state index contributed by atoms with van der Waals surface area (Å²) in [4.78, 5) is 29.0. The number of benzene rings is 1. The number of fused-ring (bicyclic) bond motifs is 3. The van der Waals surface area contributed by atoms with Crippen LogP contribution in [0, 0.1) is 25.2 Å². The Bertz CT molecular complexity index is 1200. The zero-order valence-corrected chi connectivity index (χ0v) is 17.8. The van der Waals surface area contributed by atoms with E-state index in [9.17, 15) is 14.9 Å². The van der Waals surface area contributed by atoms with Crippen molar-refractivity contribution in [3.8, 4) is 6.07 Å². The third-order valence-corrected chi connectivity index (χ3v) is 6.01. The molecule has 160 valence electrons. The van der Waals surface area contributed by atoms with E-state index in [0.717, 1.165) is 46.3 Å². The molecular formula is C23H25N5O3. The molecule has 8 heteroatoms. The van der Waals surface area contributed by atoms with Crippen LogP contribution >= 0.6 is 0 Å². The van der Waals surface area contributed by atoms with Crippen LogP contribution in [-0.4, -0.2) is 38.6 Å². The van der Waals surface area contributed by atoms with Gasteiger partial charge in [0.2, 0.25) is 0 Å². The number of nitriles is 1. The lowest BCUT2D eigenvalue weighted by molar-refractivity contribution is -0.148. The highest BCUT2D eigenvalue weighted by Crippen LogP contribution is 2.28. The molecule has 2 aromatic heterocycles. The Balaban J connectivity index is 1.38.